The Bertz CT molecular complexity index is 466. The summed E-state index contributed by atoms with van der Waals surface area (Å²) in [6.07, 6.45) is 1.18. The van der Waals surface area contributed by atoms with E-state index in [0.717, 1.165) is 5.82 Å². The predicted molar refractivity (Wildman–Crippen MR) is 77.4 cm³/mol. The van der Waals surface area contributed by atoms with E-state index in [0.29, 0.717) is 25.2 Å². The molecule has 106 valence electrons. The van der Waals surface area contributed by atoms with Gasteiger partial charge in [-0.3, -0.25) is 9.89 Å². The van der Waals surface area contributed by atoms with E-state index in [2.05, 4.69) is 15.2 Å². The van der Waals surface area contributed by atoms with Crippen molar-refractivity contribution >= 4 is 23.1 Å². The SMILES string of the molecule is CCC(CC)(C(=O)N(C)Cc1n[nH]c(C)n1)C(N)=S. The van der Waals surface area contributed by atoms with Gasteiger partial charge in [-0.25, -0.2) is 4.98 Å². The minimum absolute atomic E-state index is 0.0764. The van der Waals surface area contributed by atoms with Crippen LogP contribution in [0.5, 0.6) is 0 Å². The van der Waals surface area contributed by atoms with E-state index >= 15 is 0 Å². The molecular formula is C12H21N5OS. The molecular weight excluding hydrogens is 262 g/mol. The average molecular weight is 283 g/mol. The number of amides is 1. The van der Waals surface area contributed by atoms with Crippen LogP contribution in [0.25, 0.3) is 0 Å². The van der Waals surface area contributed by atoms with Crippen molar-refractivity contribution in [2.75, 3.05) is 7.05 Å². The molecule has 0 aliphatic rings. The van der Waals surface area contributed by atoms with Gasteiger partial charge in [0.25, 0.3) is 0 Å². The Labute approximate surface area is 118 Å². The third-order valence-electron chi connectivity index (χ3n) is 3.46. The third-order valence-corrected chi connectivity index (χ3v) is 3.85. The van der Waals surface area contributed by atoms with E-state index in [4.69, 9.17) is 18.0 Å². The van der Waals surface area contributed by atoms with E-state index < -0.39 is 5.41 Å². The Morgan fingerprint density at radius 3 is 2.42 bits per heavy atom. The van der Waals surface area contributed by atoms with Gasteiger partial charge in [-0.05, 0) is 19.8 Å². The van der Waals surface area contributed by atoms with Gasteiger partial charge in [0.15, 0.2) is 5.82 Å². The molecule has 0 fully saturated rings. The monoisotopic (exact) mass is 283 g/mol. The molecule has 7 heteroatoms. The number of carbonyl (C=O) groups is 1. The zero-order valence-electron chi connectivity index (χ0n) is 11.9. The minimum atomic E-state index is -0.768. The van der Waals surface area contributed by atoms with Crippen molar-refractivity contribution < 1.29 is 4.79 Å². The highest BCUT2D eigenvalue weighted by atomic mass is 32.1. The summed E-state index contributed by atoms with van der Waals surface area (Å²) in [4.78, 5) is 18.6. The first kappa shape index (κ1) is 15.6. The zero-order chi connectivity index (χ0) is 14.6. The van der Waals surface area contributed by atoms with Gasteiger partial charge in [0.05, 0.1) is 16.9 Å². The summed E-state index contributed by atoms with van der Waals surface area (Å²) in [5, 5.41) is 6.78. The van der Waals surface area contributed by atoms with Gasteiger partial charge in [0, 0.05) is 7.05 Å². The highest BCUT2D eigenvalue weighted by molar-refractivity contribution is 7.80. The number of nitrogens with zero attached hydrogens (tertiary/aromatic N) is 3. The summed E-state index contributed by atoms with van der Waals surface area (Å²) >= 11 is 5.08. The molecule has 0 unspecified atom stereocenters. The number of carbonyl (C=O) groups excluding carboxylic acids is 1. The van der Waals surface area contributed by atoms with Crippen LogP contribution in [0.3, 0.4) is 0 Å². The van der Waals surface area contributed by atoms with Crippen LogP contribution in [0, 0.1) is 12.3 Å². The first-order valence-corrected chi connectivity index (χ1v) is 6.71. The fourth-order valence-electron chi connectivity index (χ4n) is 2.12. The molecule has 1 rings (SSSR count). The maximum atomic E-state index is 12.6. The second kappa shape index (κ2) is 6.10. The van der Waals surface area contributed by atoms with Gasteiger partial charge in [-0.2, -0.15) is 5.10 Å². The lowest BCUT2D eigenvalue weighted by atomic mass is 9.81. The fourth-order valence-corrected chi connectivity index (χ4v) is 2.49. The molecule has 0 aliphatic heterocycles. The average Bonchev–Trinajstić information content (AvgIpc) is 2.76. The Morgan fingerprint density at radius 2 is 2.05 bits per heavy atom. The number of nitrogens with two attached hydrogens (primary N) is 1. The molecule has 19 heavy (non-hydrogen) atoms. The van der Waals surface area contributed by atoms with Gasteiger partial charge in [-0.15, -0.1) is 0 Å². The number of rotatable bonds is 6. The van der Waals surface area contributed by atoms with Crippen LogP contribution in [0.15, 0.2) is 0 Å². The molecule has 0 aliphatic carbocycles. The first-order chi connectivity index (χ1) is 8.87. The highest BCUT2D eigenvalue weighted by Crippen LogP contribution is 2.29. The molecule has 0 spiro atoms. The lowest BCUT2D eigenvalue weighted by Gasteiger charge is -2.32. The standard InChI is InChI=1S/C12H21N5OS/c1-5-12(6-2,10(13)19)11(18)17(4)7-9-14-8(3)15-16-9/h5-7H2,1-4H3,(H2,13,19)(H,14,15,16). The topological polar surface area (TPSA) is 87.9 Å². The van der Waals surface area contributed by atoms with Crippen molar-refractivity contribution in [1.29, 1.82) is 0 Å². The van der Waals surface area contributed by atoms with Crippen molar-refractivity contribution in [3.8, 4) is 0 Å². The molecule has 0 saturated carbocycles. The summed E-state index contributed by atoms with van der Waals surface area (Å²) in [6.45, 7) is 6.00. The van der Waals surface area contributed by atoms with Gasteiger partial charge in [0.2, 0.25) is 5.91 Å². The second-order valence-corrected chi connectivity index (χ2v) is 5.09. The Hall–Kier alpha value is -1.50. The maximum Gasteiger partial charge on any atom is 0.235 e. The van der Waals surface area contributed by atoms with Crippen molar-refractivity contribution in [2.24, 2.45) is 11.1 Å². The van der Waals surface area contributed by atoms with Gasteiger partial charge in [0.1, 0.15) is 5.82 Å². The van der Waals surface area contributed by atoms with Crippen LogP contribution in [-0.2, 0) is 11.3 Å². The van der Waals surface area contributed by atoms with Crippen molar-refractivity contribution in [3.05, 3.63) is 11.6 Å². The quantitative estimate of drug-likeness (QED) is 0.765. The summed E-state index contributed by atoms with van der Waals surface area (Å²) in [5.74, 6) is 1.23. The van der Waals surface area contributed by atoms with Crippen LogP contribution < -0.4 is 5.73 Å². The predicted octanol–water partition coefficient (Wildman–Crippen LogP) is 1.16. The van der Waals surface area contributed by atoms with Crippen LogP contribution in [0.1, 0.15) is 38.3 Å². The van der Waals surface area contributed by atoms with Crippen LogP contribution >= 0.6 is 12.2 Å². The Kier molecular flexibility index (Phi) is 4.99. The molecule has 0 saturated heterocycles. The Morgan fingerprint density at radius 1 is 1.47 bits per heavy atom. The number of aromatic nitrogens is 3. The molecule has 1 aromatic rings. The second-order valence-electron chi connectivity index (χ2n) is 4.65. The van der Waals surface area contributed by atoms with Crippen LogP contribution in [0.2, 0.25) is 0 Å². The maximum absolute atomic E-state index is 12.6. The molecule has 1 amide bonds. The zero-order valence-corrected chi connectivity index (χ0v) is 12.7. The van der Waals surface area contributed by atoms with Gasteiger partial charge < -0.3 is 10.6 Å². The number of hydrogen-bond acceptors (Lipinski definition) is 4. The number of nitrogens with one attached hydrogen (secondary N) is 1. The van der Waals surface area contributed by atoms with E-state index in [9.17, 15) is 4.79 Å². The van der Waals surface area contributed by atoms with E-state index in [1.54, 1.807) is 11.9 Å². The summed E-state index contributed by atoms with van der Waals surface area (Å²) < 4.78 is 0. The van der Waals surface area contributed by atoms with E-state index in [-0.39, 0.29) is 10.9 Å². The number of aryl methyl sites for hydroxylation is 1. The number of H-pyrrole nitrogens is 1. The summed E-state index contributed by atoms with van der Waals surface area (Å²) in [5.41, 5.74) is 5.01. The fraction of sp³-hybridized carbons (Fsp3) is 0.667. The van der Waals surface area contributed by atoms with Gasteiger partial charge >= 0.3 is 0 Å². The molecule has 1 heterocycles. The third kappa shape index (κ3) is 3.09. The lowest BCUT2D eigenvalue weighted by molar-refractivity contribution is -0.138. The van der Waals surface area contributed by atoms with Crippen molar-refractivity contribution in [2.45, 2.75) is 40.2 Å². The van der Waals surface area contributed by atoms with Gasteiger partial charge in [-0.1, -0.05) is 26.1 Å². The van der Waals surface area contributed by atoms with E-state index in [1.165, 1.54) is 0 Å². The summed E-state index contributed by atoms with van der Waals surface area (Å²) in [6, 6.07) is 0. The number of hydrogen-bond donors (Lipinski definition) is 2. The molecule has 3 N–H and O–H groups in total. The number of aromatic amines is 1. The van der Waals surface area contributed by atoms with E-state index in [1.807, 2.05) is 20.8 Å². The molecule has 0 radical (unpaired) electrons. The largest absolute Gasteiger partial charge is 0.392 e. The minimum Gasteiger partial charge on any atom is -0.392 e. The normalized spacial score (nSPS) is 11.4. The molecule has 0 bridgehead atoms. The van der Waals surface area contributed by atoms with Crippen molar-refractivity contribution in [3.63, 3.8) is 0 Å². The smallest absolute Gasteiger partial charge is 0.235 e. The summed E-state index contributed by atoms with van der Waals surface area (Å²) in [7, 11) is 1.71. The van der Waals surface area contributed by atoms with Crippen LogP contribution in [0.4, 0.5) is 0 Å². The first-order valence-electron chi connectivity index (χ1n) is 6.30. The number of thiocarbonyl (C=S) groups is 1. The molecule has 6 nitrogen and oxygen atoms in total. The van der Waals surface area contributed by atoms with Crippen LogP contribution in [-0.4, -0.2) is 38.0 Å². The highest BCUT2D eigenvalue weighted by Gasteiger charge is 2.40. The molecule has 1 aromatic heterocycles. The van der Waals surface area contributed by atoms with Crippen molar-refractivity contribution in [1.82, 2.24) is 20.1 Å². The lowest BCUT2D eigenvalue weighted by Crippen LogP contribution is -2.48. The Balaban J connectivity index is 2.88. The molecule has 0 atom stereocenters. The molecule has 0 aromatic carbocycles.